The minimum absolute atomic E-state index is 0.0208. The summed E-state index contributed by atoms with van der Waals surface area (Å²) in [5, 5.41) is 11.9. The summed E-state index contributed by atoms with van der Waals surface area (Å²) in [6, 6.07) is 18.7. The molecule has 1 heterocycles. The summed E-state index contributed by atoms with van der Waals surface area (Å²) < 4.78 is 81.9. The van der Waals surface area contributed by atoms with Gasteiger partial charge in [0.2, 0.25) is 0 Å². The third-order valence-electron chi connectivity index (χ3n) is 6.53. The van der Waals surface area contributed by atoms with E-state index in [4.69, 9.17) is 17.5 Å². The highest BCUT2D eigenvalue weighted by Crippen LogP contribution is 2.33. The second-order valence-corrected chi connectivity index (χ2v) is 9.89. The third kappa shape index (κ3) is 8.10. The highest BCUT2D eigenvalue weighted by molar-refractivity contribution is 7.80. The van der Waals surface area contributed by atoms with Crippen LogP contribution in [0.5, 0.6) is 0 Å². The lowest BCUT2D eigenvalue weighted by atomic mass is 10.1. The number of halogens is 6. The highest BCUT2D eigenvalue weighted by atomic mass is 32.1. The minimum Gasteiger partial charge on any atom is -0.345 e. The molecule has 12 heteroatoms. The molecule has 0 saturated heterocycles. The number of rotatable bonds is 9. The fourth-order valence-corrected chi connectivity index (χ4v) is 4.64. The van der Waals surface area contributed by atoms with Crippen LogP contribution in [0.2, 0.25) is 0 Å². The summed E-state index contributed by atoms with van der Waals surface area (Å²) in [5.41, 5.74) is 1.12. The van der Waals surface area contributed by atoms with Gasteiger partial charge in [-0.25, -0.2) is 4.98 Å². The SMILES string of the molecule is N#Cc1ccc(Cn2cncc2CCCN(Cc2ccccc2C(F)(F)F)C(=S)Nc2ccc(C(F)(F)F)cc2)cc1. The van der Waals surface area contributed by atoms with Gasteiger partial charge in [0.25, 0.3) is 0 Å². The first-order valence-electron chi connectivity index (χ1n) is 12.8. The molecule has 5 nitrogen and oxygen atoms in total. The van der Waals surface area contributed by atoms with Crippen molar-refractivity contribution in [1.82, 2.24) is 14.5 Å². The van der Waals surface area contributed by atoms with Gasteiger partial charge in [0.05, 0.1) is 29.1 Å². The number of nitrogens with one attached hydrogen (secondary N) is 1. The lowest BCUT2D eigenvalue weighted by molar-refractivity contribution is -0.138. The van der Waals surface area contributed by atoms with Crippen molar-refractivity contribution in [2.45, 2.75) is 38.3 Å². The largest absolute Gasteiger partial charge is 0.416 e. The van der Waals surface area contributed by atoms with Crippen LogP contribution in [0.25, 0.3) is 0 Å². The number of hydrogen-bond donors (Lipinski definition) is 1. The summed E-state index contributed by atoms with van der Waals surface area (Å²) in [5.74, 6) is 0. The molecule has 0 spiro atoms. The molecule has 218 valence electrons. The first-order chi connectivity index (χ1) is 19.9. The molecule has 4 aromatic rings. The molecule has 1 aromatic heterocycles. The van der Waals surface area contributed by atoms with Crippen molar-refractivity contribution in [3.05, 3.63) is 119 Å². The van der Waals surface area contributed by atoms with Gasteiger partial charge in [0.15, 0.2) is 5.11 Å². The molecule has 42 heavy (non-hydrogen) atoms. The zero-order valence-electron chi connectivity index (χ0n) is 22.1. The Morgan fingerprint density at radius 3 is 2.26 bits per heavy atom. The topological polar surface area (TPSA) is 56.9 Å². The van der Waals surface area contributed by atoms with Gasteiger partial charge in [-0.2, -0.15) is 31.6 Å². The zero-order chi connectivity index (χ0) is 30.3. The Balaban J connectivity index is 1.49. The number of nitrogens with zero attached hydrogens (tertiary/aromatic N) is 4. The van der Waals surface area contributed by atoms with E-state index in [2.05, 4.69) is 16.4 Å². The molecule has 0 saturated carbocycles. The van der Waals surface area contributed by atoms with Crippen LogP contribution in [0, 0.1) is 11.3 Å². The van der Waals surface area contributed by atoms with Crippen molar-refractivity contribution in [3.8, 4) is 6.07 Å². The molecular formula is C30H25F6N5S. The van der Waals surface area contributed by atoms with Crippen LogP contribution in [-0.4, -0.2) is 26.1 Å². The second-order valence-electron chi connectivity index (χ2n) is 9.51. The predicted molar refractivity (Wildman–Crippen MR) is 150 cm³/mol. The molecule has 0 unspecified atom stereocenters. The first-order valence-corrected chi connectivity index (χ1v) is 13.2. The first kappa shape index (κ1) is 30.6. The number of thiocarbonyl (C=S) groups is 1. The molecule has 3 aromatic carbocycles. The van der Waals surface area contributed by atoms with Crippen LogP contribution >= 0.6 is 12.2 Å². The van der Waals surface area contributed by atoms with Gasteiger partial charge in [-0.15, -0.1) is 0 Å². The van der Waals surface area contributed by atoms with E-state index in [1.807, 2.05) is 16.7 Å². The number of alkyl halides is 6. The van der Waals surface area contributed by atoms with Gasteiger partial charge < -0.3 is 14.8 Å². The van der Waals surface area contributed by atoms with Crippen molar-refractivity contribution < 1.29 is 26.3 Å². The standard InChI is InChI=1S/C30H25F6N5S/c31-29(32,33)24-11-13-25(14-12-24)39-28(42)40(19-23-4-1-2-6-27(23)30(34,35)36)15-3-5-26-17-38-20-41(26)18-22-9-7-21(16-37)8-10-22/h1-2,4,6-14,17,20H,3,5,15,18-19H2,(H,39,42). The molecule has 0 aliphatic heterocycles. The van der Waals surface area contributed by atoms with Crippen LogP contribution in [0.1, 0.15) is 39.9 Å². The van der Waals surface area contributed by atoms with Crippen molar-refractivity contribution in [3.63, 3.8) is 0 Å². The van der Waals surface area contributed by atoms with Crippen molar-refractivity contribution in [2.75, 3.05) is 11.9 Å². The molecule has 0 amide bonds. The minimum atomic E-state index is -4.57. The number of hydrogen-bond acceptors (Lipinski definition) is 3. The molecule has 0 bridgehead atoms. The van der Waals surface area contributed by atoms with Crippen LogP contribution in [0.15, 0.2) is 85.3 Å². The van der Waals surface area contributed by atoms with Crippen molar-refractivity contribution in [1.29, 1.82) is 5.26 Å². The van der Waals surface area contributed by atoms with E-state index in [1.54, 1.807) is 29.6 Å². The Hall–Kier alpha value is -4.37. The summed E-state index contributed by atoms with van der Waals surface area (Å²) in [6.07, 6.45) is -4.63. The Labute approximate surface area is 244 Å². The number of imidazole rings is 1. The van der Waals surface area contributed by atoms with Crippen molar-refractivity contribution in [2.24, 2.45) is 0 Å². The number of nitriles is 1. The molecule has 0 fully saturated rings. The van der Waals surface area contributed by atoms with Gasteiger partial charge in [-0.1, -0.05) is 30.3 Å². The molecule has 4 rings (SSSR count). The van der Waals surface area contributed by atoms with E-state index in [1.165, 1.54) is 30.3 Å². The molecule has 0 aliphatic carbocycles. The zero-order valence-corrected chi connectivity index (χ0v) is 22.9. The Morgan fingerprint density at radius 2 is 1.62 bits per heavy atom. The highest BCUT2D eigenvalue weighted by Gasteiger charge is 2.33. The van der Waals surface area contributed by atoms with E-state index in [0.29, 0.717) is 24.9 Å². The van der Waals surface area contributed by atoms with Gasteiger partial charge in [0.1, 0.15) is 0 Å². The maximum Gasteiger partial charge on any atom is 0.416 e. The van der Waals surface area contributed by atoms with E-state index >= 15 is 0 Å². The maximum atomic E-state index is 13.7. The average Bonchev–Trinajstić information content (AvgIpc) is 3.39. The van der Waals surface area contributed by atoms with Gasteiger partial charge in [-0.05, 0) is 78.7 Å². The number of aromatic nitrogens is 2. The van der Waals surface area contributed by atoms with Gasteiger partial charge in [0, 0.05) is 37.2 Å². The fraction of sp³-hybridized carbons (Fsp3) is 0.233. The number of aryl methyl sites for hydroxylation is 1. The fourth-order valence-electron chi connectivity index (χ4n) is 4.37. The summed E-state index contributed by atoms with van der Waals surface area (Å²) in [4.78, 5) is 5.79. The summed E-state index contributed by atoms with van der Waals surface area (Å²) >= 11 is 5.52. The van der Waals surface area contributed by atoms with Gasteiger partial charge >= 0.3 is 12.4 Å². The Morgan fingerprint density at radius 1 is 0.929 bits per heavy atom. The lowest BCUT2D eigenvalue weighted by Gasteiger charge is -2.27. The van der Waals surface area contributed by atoms with Gasteiger partial charge in [-0.3, -0.25) is 0 Å². The predicted octanol–water partition coefficient (Wildman–Crippen LogP) is 7.67. The molecule has 0 radical (unpaired) electrons. The smallest absolute Gasteiger partial charge is 0.345 e. The normalized spacial score (nSPS) is 11.6. The van der Waals surface area contributed by atoms with Crippen LogP contribution in [-0.2, 0) is 31.9 Å². The van der Waals surface area contributed by atoms with Crippen LogP contribution in [0.3, 0.4) is 0 Å². The molecule has 0 atom stereocenters. The number of benzene rings is 3. The monoisotopic (exact) mass is 601 g/mol. The summed E-state index contributed by atoms with van der Waals surface area (Å²) in [6.45, 7) is 0.630. The molecule has 1 N–H and O–H groups in total. The van der Waals surface area contributed by atoms with Crippen LogP contribution < -0.4 is 5.32 Å². The second kappa shape index (κ2) is 13.1. The van der Waals surface area contributed by atoms with Crippen molar-refractivity contribution >= 4 is 23.0 Å². The maximum absolute atomic E-state index is 13.7. The average molecular weight is 602 g/mol. The van der Waals surface area contributed by atoms with E-state index in [9.17, 15) is 26.3 Å². The Bertz CT molecular complexity index is 1540. The van der Waals surface area contributed by atoms with E-state index in [-0.39, 0.29) is 29.5 Å². The quantitative estimate of drug-likeness (QED) is 0.158. The summed E-state index contributed by atoms with van der Waals surface area (Å²) in [7, 11) is 0. The van der Waals surface area contributed by atoms with E-state index in [0.717, 1.165) is 29.5 Å². The molecule has 0 aliphatic rings. The van der Waals surface area contributed by atoms with E-state index < -0.39 is 23.5 Å². The Kier molecular flexibility index (Phi) is 9.52. The number of anilines is 1. The molecular weight excluding hydrogens is 576 g/mol. The van der Waals surface area contributed by atoms with Crippen LogP contribution in [0.4, 0.5) is 32.0 Å². The lowest BCUT2D eigenvalue weighted by Crippen LogP contribution is -2.36. The third-order valence-corrected chi connectivity index (χ3v) is 6.89.